The molecule has 0 aromatic heterocycles. The first kappa shape index (κ1) is 18.3. The molecule has 2 aromatic carbocycles. The maximum atomic E-state index is 12.9. The van der Waals surface area contributed by atoms with Crippen molar-refractivity contribution in [1.29, 1.82) is 0 Å². The van der Waals surface area contributed by atoms with Gasteiger partial charge < -0.3 is 10.1 Å². The van der Waals surface area contributed by atoms with Gasteiger partial charge in [0.15, 0.2) is 6.61 Å². The summed E-state index contributed by atoms with van der Waals surface area (Å²) in [5, 5.41) is 2.83. The van der Waals surface area contributed by atoms with Crippen LogP contribution in [0.25, 0.3) is 0 Å². The predicted molar refractivity (Wildman–Crippen MR) is 99.7 cm³/mol. The highest BCUT2D eigenvalue weighted by molar-refractivity contribution is 7.92. The fraction of sp³-hybridized carbons (Fsp3) is 0.316. The highest BCUT2D eigenvalue weighted by Gasteiger charge is 2.24. The fourth-order valence-electron chi connectivity index (χ4n) is 2.57. The first-order valence-electron chi connectivity index (χ1n) is 8.60. The molecule has 0 radical (unpaired) electrons. The van der Waals surface area contributed by atoms with Crippen LogP contribution in [0.15, 0.2) is 59.5 Å². The molecule has 3 rings (SSSR count). The van der Waals surface area contributed by atoms with Crippen molar-refractivity contribution < 1.29 is 17.9 Å². The van der Waals surface area contributed by atoms with E-state index in [0.29, 0.717) is 18.0 Å². The van der Waals surface area contributed by atoms with E-state index < -0.39 is 10.0 Å². The second-order valence-corrected chi connectivity index (χ2v) is 7.97. The van der Waals surface area contributed by atoms with Crippen molar-refractivity contribution in [1.82, 2.24) is 5.32 Å². The highest BCUT2D eigenvalue weighted by Crippen LogP contribution is 2.24. The minimum absolute atomic E-state index is 0.0757. The number of para-hydroxylation sites is 1. The third kappa shape index (κ3) is 4.35. The van der Waals surface area contributed by atoms with E-state index >= 15 is 0 Å². The first-order chi connectivity index (χ1) is 12.5. The Labute approximate surface area is 153 Å². The third-order valence-corrected chi connectivity index (χ3v) is 5.97. The number of carbonyl (C=O) groups is 1. The molecule has 1 aliphatic rings. The van der Waals surface area contributed by atoms with E-state index in [1.54, 1.807) is 43.3 Å². The van der Waals surface area contributed by atoms with Crippen LogP contribution in [-0.4, -0.2) is 33.5 Å². The standard InChI is InChI=1S/C19H22N2O4S/c1-2-21(16-6-4-3-5-7-16)26(23,24)18-12-10-17(11-13-18)25-14-19(22)20-15-8-9-15/h3-7,10-13,15H,2,8-9,14H2,1H3,(H,20,22). The van der Waals surface area contributed by atoms with E-state index in [9.17, 15) is 13.2 Å². The Morgan fingerprint density at radius 2 is 1.77 bits per heavy atom. The zero-order valence-corrected chi connectivity index (χ0v) is 15.4. The normalized spacial score (nSPS) is 13.9. The van der Waals surface area contributed by atoms with Crippen molar-refractivity contribution in [3.63, 3.8) is 0 Å². The summed E-state index contributed by atoms with van der Waals surface area (Å²) in [5.74, 6) is 0.295. The lowest BCUT2D eigenvalue weighted by atomic mass is 10.3. The maximum absolute atomic E-state index is 12.9. The van der Waals surface area contributed by atoms with Crippen LogP contribution in [-0.2, 0) is 14.8 Å². The highest BCUT2D eigenvalue weighted by atomic mass is 32.2. The smallest absolute Gasteiger partial charge is 0.264 e. The Balaban J connectivity index is 1.68. The molecule has 0 unspecified atom stereocenters. The van der Waals surface area contributed by atoms with Gasteiger partial charge in [0.05, 0.1) is 10.6 Å². The zero-order valence-electron chi connectivity index (χ0n) is 14.6. The fourth-order valence-corrected chi connectivity index (χ4v) is 4.04. The number of rotatable bonds is 8. The van der Waals surface area contributed by atoms with Crippen molar-refractivity contribution in [3.05, 3.63) is 54.6 Å². The average molecular weight is 374 g/mol. The van der Waals surface area contributed by atoms with E-state index in [4.69, 9.17) is 4.74 Å². The number of nitrogens with one attached hydrogen (secondary N) is 1. The minimum atomic E-state index is -3.66. The van der Waals surface area contributed by atoms with Crippen LogP contribution in [0.2, 0.25) is 0 Å². The molecule has 0 spiro atoms. The summed E-state index contributed by atoms with van der Waals surface area (Å²) in [6.45, 7) is 2.04. The van der Waals surface area contributed by atoms with Gasteiger partial charge in [-0.2, -0.15) is 0 Å². The average Bonchev–Trinajstić information content (AvgIpc) is 3.45. The number of carbonyl (C=O) groups excluding carboxylic acids is 1. The molecule has 0 aliphatic heterocycles. The number of sulfonamides is 1. The number of nitrogens with zero attached hydrogens (tertiary/aromatic N) is 1. The second kappa shape index (κ2) is 7.78. The summed E-state index contributed by atoms with van der Waals surface area (Å²) in [6.07, 6.45) is 2.04. The molecule has 0 bridgehead atoms. The van der Waals surface area contributed by atoms with Crippen molar-refractivity contribution in [2.45, 2.75) is 30.7 Å². The molecule has 7 heteroatoms. The quantitative estimate of drug-likeness (QED) is 0.770. The number of hydrogen-bond acceptors (Lipinski definition) is 4. The van der Waals surface area contributed by atoms with Gasteiger partial charge in [0, 0.05) is 12.6 Å². The summed E-state index contributed by atoms with van der Waals surface area (Å²) in [6, 6.07) is 15.4. The van der Waals surface area contributed by atoms with E-state index in [0.717, 1.165) is 12.8 Å². The van der Waals surface area contributed by atoms with Crippen LogP contribution >= 0.6 is 0 Å². The van der Waals surface area contributed by atoms with Crippen LogP contribution in [0.4, 0.5) is 5.69 Å². The van der Waals surface area contributed by atoms with Gasteiger partial charge in [-0.25, -0.2) is 8.42 Å². The first-order valence-corrected chi connectivity index (χ1v) is 10.0. The lowest BCUT2D eigenvalue weighted by molar-refractivity contribution is -0.123. The SMILES string of the molecule is CCN(c1ccccc1)S(=O)(=O)c1ccc(OCC(=O)NC2CC2)cc1. The van der Waals surface area contributed by atoms with Gasteiger partial charge >= 0.3 is 0 Å². The molecule has 1 saturated carbocycles. The largest absolute Gasteiger partial charge is 0.484 e. The summed E-state index contributed by atoms with van der Waals surface area (Å²) in [7, 11) is -3.66. The van der Waals surface area contributed by atoms with Crippen LogP contribution in [0.1, 0.15) is 19.8 Å². The lowest BCUT2D eigenvalue weighted by Crippen LogP contribution is -2.31. The predicted octanol–water partition coefficient (Wildman–Crippen LogP) is 2.56. The Kier molecular flexibility index (Phi) is 5.46. The van der Waals surface area contributed by atoms with Gasteiger partial charge in [-0.05, 0) is 56.2 Å². The Morgan fingerprint density at radius 3 is 2.35 bits per heavy atom. The number of amides is 1. The van der Waals surface area contributed by atoms with Crippen molar-refractivity contribution in [3.8, 4) is 5.75 Å². The summed E-state index contributed by atoms with van der Waals surface area (Å²) in [4.78, 5) is 11.8. The monoisotopic (exact) mass is 374 g/mol. The molecule has 0 saturated heterocycles. The maximum Gasteiger partial charge on any atom is 0.264 e. The van der Waals surface area contributed by atoms with Crippen molar-refractivity contribution in [2.75, 3.05) is 17.5 Å². The van der Waals surface area contributed by atoms with Gasteiger partial charge in [-0.3, -0.25) is 9.10 Å². The third-order valence-electron chi connectivity index (χ3n) is 4.06. The summed E-state index contributed by atoms with van der Waals surface area (Å²) >= 11 is 0. The molecule has 1 amide bonds. The Bertz CT molecular complexity index is 847. The number of ether oxygens (including phenoxy) is 1. The molecule has 0 atom stereocenters. The molecule has 1 aliphatic carbocycles. The molecule has 2 aromatic rings. The van der Waals surface area contributed by atoms with Crippen LogP contribution in [0, 0.1) is 0 Å². The minimum Gasteiger partial charge on any atom is -0.484 e. The van der Waals surface area contributed by atoms with Crippen molar-refractivity contribution >= 4 is 21.6 Å². The van der Waals surface area contributed by atoms with Gasteiger partial charge in [0.25, 0.3) is 15.9 Å². The number of hydrogen-bond donors (Lipinski definition) is 1. The molecule has 0 heterocycles. The summed E-state index contributed by atoms with van der Waals surface area (Å²) in [5.41, 5.74) is 0.618. The molecule has 1 fully saturated rings. The van der Waals surface area contributed by atoms with Gasteiger partial charge in [0.1, 0.15) is 5.75 Å². The molecule has 138 valence electrons. The topological polar surface area (TPSA) is 75.7 Å². The van der Waals surface area contributed by atoms with Crippen LogP contribution in [0.3, 0.4) is 0 Å². The molecule has 1 N–H and O–H groups in total. The number of benzene rings is 2. The van der Waals surface area contributed by atoms with Crippen LogP contribution < -0.4 is 14.4 Å². The lowest BCUT2D eigenvalue weighted by Gasteiger charge is -2.23. The number of anilines is 1. The zero-order chi connectivity index (χ0) is 18.6. The van der Waals surface area contributed by atoms with Gasteiger partial charge in [-0.15, -0.1) is 0 Å². The van der Waals surface area contributed by atoms with E-state index in [1.165, 1.54) is 16.4 Å². The van der Waals surface area contributed by atoms with E-state index in [1.807, 2.05) is 6.07 Å². The van der Waals surface area contributed by atoms with Crippen LogP contribution in [0.5, 0.6) is 5.75 Å². The van der Waals surface area contributed by atoms with Crippen molar-refractivity contribution in [2.24, 2.45) is 0 Å². The van der Waals surface area contributed by atoms with E-state index in [-0.39, 0.29) is 23.5 Å². The molecular weight excluding hydrogens is 352 g/mol. The molecule has 26 heavy (non-hydrogen) atoms. The Hall–Kier alpha value is -2.54. The molecular formula is C19H22N2O4S. The summed E-state index contributed by atoms with van der Waals surface area (Å²) < 4.78 is 32.5. The van der Waals surface area contributed by atoms with Gasteiger partial charge in [-0.1, -0.05) is 18.2 Å². The molecule has 6 nitrogen and oxygen atoms in total. The van der Waals surface area contributed by atoms with E-state index in [2.05, 4.69) is 5.32 Å². The Morgan fingerprint density at radius 1 is 1.12 bits per heavy atom. The second-order valence-electron chi connectivity index (χ2n) is 6.11. The van der Waals surface area contributed by atoms with Gasteiger partial charge in [0.2, 0.25) is 0 Å².